The van der Waals surface area contributed by atoms with Gasteiger partial charge in [0.2, 0.25) is 0 Å². The van der Waals surface area contributed by atoms with E-state index in [-0.39, 0.29) is 17.4 Å². The van der Waals surface area contributed by atoms with E-state index in [0.717, 1.165) is 0 Å². The summed E-state index contributed by atoms with van der Waals surface area (Å²) >= 11 is 8.14. The Balaban J connectivity index is 1.64. The number of hydrogen-bond acceptors (Lipinski definition) is 5. The number of ether oxygens (including phenoxy) is 1. The van der Waals surface area contributed by atoms with Crippen molar-refractivity contribution in [2.24, 2.45) is 0 Å². The topological polar surface area (TPSA) is 95.0 Å². The molecule has 1 atom stereocenters. The second-order valence-corrected chi connectivity index (χ2v) is 8.13. The number of rotatable bonds is 6. The summed E-state index contributed by atoms with van der Waals surface area (Å²) in [5.74, 6) is 0.0200. The van der Waals surface area contributed by atoms with Crippen molar-refractivity contribution >= 4 is 51.0 Å². The van der Waals surface area contributed by atoms with Crippen LogP contribution in [-0.4, -0.2) is 58.7 Å². The number of carboxylic acid groups (broad SMARTS) is 1. The lowest BCUT2D eigenvalue weighted by Gasteiger charge is -2.23. The smallest absolute Gasteiger partial charge is 0.465 e. The van der Waals surface area contributed by atoms with E-state index < -0.39 is 17.6 Å². The Kier molecular flexibility index (Phi) is 6.85. The molecule has 166 valence electrons. The number of halogens is 4. The molecule has 2 aromatic rings. The number of aromatic nitrogens is 1. The van der Waals surface area contributed by atoms with E-state index in [2.05, 4.69) is 31.0 Å². The van der Waals surface area contributed by atoms with Gasteiger partial charge in [0, 0.05) is 43.6 Å². The molecule has 0 aliphatic carbocycles. The molecule has 1 aliphatic heterocycles. The fourth-order valence-electron chi connectivity index (χ4n) is 3.14. The van der Waals surface area contributed by atoms with E-state index in [0.29, 0.717) is 35.5 Å². The van der Waals surface area contributed by atoms with Crippen LogP contribution >= 0.6 is 27.5 Å². The molecular formula is C19H18BrClF2N4O4. The molecule has 2 heterocycles. The van der Waals surface area contributed by atoms with Crippen LogP contribution in [0.5, 0.6) is 5.75 Å². The van der Waals surface area contributed by atoms with E-state index in [4.69, 9.17) is 16.7 Å². The molecule has 1 aromatic heterocycles. The molecule has 1 aromatic carbocycles. The molecule has 31 heavy (non-hydrogen) atoms. The maximum atomic E-state index is 12.6. The van der Waals surface area contributed by atoms with Crippen molar-refractivity contribution in [1.82, 2.24) is 9.88 Å². The first-order valence-corrected chi connectivity index (χ1v) is 10.2. The zero-order valence-corrected chi connectivity index (χ0v) is 18.5. The molecular weight excluding hydrogens is 502 g/mol. The lowest BCUT2D eigenvalue weighted by Crippen LogP contribution is -2.38. The van der Waals surface area contributed by atoms with Gasteiger partial charge in [-0.15, -0.1) is 8.78 Å². The summed E-state index contributed by atoms with van der Waals surface area (Å²) in [6, 6.07) is 6.77. The minimum absolute atomic E-state index is 0.139. The number of anilines is 2. The van der Waals surface area contributed by atoms with Gasteiger partial charge in [-0.25, -0.2) is 9.78 Å². The Morgan fingerprint density at radius 1 is 1.39 bits per heavy atom. The van der Waals surface area contributed by atoms with E-state index in [1.807, 2.05) is 4.90 Å². The quantitative estimate of drug-likeness (QED) is 0.548. The maximum absolute atomic E-state index is 12.6. The molecule has 0 spiro atoms. The van der Waals surface area contributed by atoms with Crippen molar-refractivity contribution in [3.63, 3.8) is 0 Å². The molecule has 3 rings (SSSR count). The fourth-order valence-corrected chi connectivity index (χ4v) is 3.83. The SMILES string of the molecule is CN(C(=O)O)C1CCN(c2ncc(C(=O)Nc3ccc(OC(F)(F)Cl)cc3)cc2Br)C1. The van der Waals surface area contributed by atoms with Gasteiger partial charge in [-0.1, -0.05) is 0 Å². The molecule has 0 saturated carbocycles. The van der Waals surface area contributed by atoms with Crippen molar-refractivity contribution in [2.45, 2.75) is 18.0 Å². The molecule has 12 heteroatoms. The lowest BCUT2D eigenvalue weighted by atomic mass is 10.2. The van der Waals surface area contributed by atoms with Crippen molar-refractivity contribution in [3.8, 4) is 5.75 Å². The summed E-state index contributed by atoms with van der Waals surface area (Å²) in [5.41, 5.74) is -3.17. The largest absolute Gasteiger partial charge is 0.487 e. The summed E-state index contributed by atoms with van der Waals surface area (Å²) in [7, 11) is 1.53. The van der Waals surface area contributed by atoms with Gasteiger partial charge in [0.05, 0.1) is 16.1 Å². The standard InChI is InChI=1S/C19H18BrClF2N4O4/c1-26(18(29)30)13-6-7-27(10-13)16-15(20)8-11(9-24-16)17(28)25-12-2-4-14(5-3-12)31-19(21,22)23/h2-5,8-9,13H,6-7,10H2,1H3,(H,25,28)(H,29,30). The van der Waals surface area contributed by atoms with Crippen LogP contribution in [0.1, 0.15) is 16.8 Å². The number of carbonyl (C=O) groups excluding carboxylic acids is 1. The van der Waals surface area contributed by atoms with Gasteiger partial charge >= 0.3 is 11.7 Å². The van der Waals surface area contributed by atoms with Gasteiger partial charge in [0.25, 0.3) is 5.91 Å². The van der Waals surface area contributed by atoms with Gasteiger partial charge < -0.3 is 25.0 Å². The number of carbonyl (C=O) groups is 2. The Morgan fingerprint density at radius 3 is 2.65 bits per heavy atom. The summed E-state index contributed by atoms with van der Waals surface area (Å²) in [6.07, 6.45) is 1.10. The van der Waals surface area contributed by atoms with E-state index >= 15 is 0 Å². The zero-order valence-electron chi connectivity index (χ0n) is 16.2. The molecule has 8 nitrogen and oxygen atoms in total. The van der Waals surface area contributed by atoms with Crippen LogP contribution in [0, 0.1) is 0 Å². The van der Waals surface area contributed by atoms with Gasteiger partial charge in [0.1, 0.15) is 11.6 Å². The average molecular weight is 520 g/mol. The minimum Gasteiger partial charge on any atom is -0.465 e. The van der Waals surface area contributed by atoms with Gasteiger partial charge in [0.15, 0.2) is 0 Å². The number of benzene rings is 1. The third-order valence-electron chi connectivity index (χ3n) is 4.74. The van der Waals surface area contributed by atoms with Crippen molar-refractivity contribution in [3.05, 3.63) is 46.6 Å². The third kappa shape index (κ3) is 5.95. The highest BCUT2D eigenvalue weighted by molar-refractivity contribution is 9.10. The predicted octanol–water partition coefficient (Wildman–Crippen LogP) is 4.45. The van der Waals surface area contributed by atoms with Crippen molar-refractivity contribution < 1.29 is 28.2 Å². The normalized spacial score (nSPS) is 16.2. The number of amides is 2. The summed E-state index contributed by atoms with van der Waals surface area (Å²) in [4.78, 5) is 31.2. The maximum Gasteiger partial charge on any atom is 0.487 e. The molecule has 0 bridgehead atoms. The number of hydrogen-bond donors (Lipinski definition) is 2. The van der Waals surface area contributed by atoms with Crippen LogP contribution in [-0.2, 0) is 0 Å². The zero-order chi connectivity index (χ0) is 22.8. The predicted molar refractivity (Wildman–Crippen MR) is 114 cm³/mol. The monoisotopic (exact) mass is 518 g/mol. The first-order chi connectivity index (χ1) is 14.5. The van der Waals surface area contributed by atoms with Crippen LogP contribution in [0.4, 0.5) is 25.1 Å². The first kappa shape index (κ1) is 23.0. The second kappa shape index (κ2) is 9.23. The Labute approximate surface area is 189 Å². The number of pyridine rings is 1. The Morgan fingerprint density at radius 2 is 2.06 bits per heavy atom. The highest BCUT2D eigenvalue weighted by Crippen LogP contribution is 2.29. The third-order valence-corrected chi connectivity index (χ3v) is 5.40. The number of nitrogens with zero attached hydrogens (tertiary/aromatic N) is 3. The summed E-state index contributed by atoms with van der Waals surface area (Å²) in [6.45, 7) is 1.13. The van der Waals surface area contributed by atoms with Crippen molar-refractivity contribution in [2.75, 3.05) is 30.4 Å². The second-order valence-electron chi connectivity index (χ2n) is 6.84. The molecule has 0 radical (unpaired) electrons. The van der Waals surface area contributed by atoms with Crippen LogP contribution in [0.3, 0.4) is 0 Å². The Bertz CT molecular complexity index is 974. The number of likely N-dealkylation sites (N-methyl/N-ethyl adjacent to an activating group) is 1. The summed E-state index contributed by atoms with van der Waals surface area (Å²) in [5, 5.41) is 11.8. The van der Waals surface area contributed by atoms with Crippen LogP contribution in [0.15, 0.2) is 41.0 Å². The van der Waals surface area contributed by atoms with Gasteiger partial charge in [-0.3, -0.25) is 4.79 Å². The molecule has 1 saturated heterocycles. The average Bonchev–Trinajstić information content (AvgIpc) is 3.17. The minimum atomic E-state index is -3.82. The summed E-state index contributed by atoms with van der Waals surface area (Å²) < 4.78 is 30.1. The molecule has 1 fully saturated rings. The molecule has 1 aliphatic rings. The van der Waals surface area contributed by atoms with E-state index in [9.17, 15) is 18.4 Å². The molecule has 1 unspecified atom stereocenters. The number of alkyl halides is 3. The van der Waals surface area contributed by atoms with E-state index in [1.54, 1.807) is 6.07 Å². The highest BCUT2D eigenvalue weighted by Gasteiger charge is 2.30. The Hall–Kier alpha value is -2.66. The lowest BCUT2D eigenvalue weighted by molar-refractivity contribution is -0.0964. The highest BCUT2D eigenvalue weighted by atomic mass is 79.9. The van der Waals surface area contributed by atoms with E-state index in [1.165, 1.54) is 42.4 Å². The van der Waals surface area contributed by atoms with Gasteiger partial charge in [-0.2, -0.15) is 0 Å². The van der Waals surface area contributed by atoms with Crippen LogP contribution in [0.25, 0.3) is 0 Å². The first-order valence-electron chi connectivity index (χ1n) is 9.07. The van der Waals surface area contributed by atoms with Gasteiger partial charge in [-0.05, 0) is 52.7 Å². The fraction of sp³-hybridized carbons (Fsp3) is 0.316. The van der Waals surface area contributed by atoms with Crippen molar-refractivity contribution in [1.29, 1.82) is 0 Å². The van der Waals surface area contributed by atoms with Crippen LogP contribution in [0.2, 0.25) is 0 Å². The van der Waals surface area contributed by atoms with Crippen LogP contribution < -0.4 is 15.0 Å². The molecule has 2 N–H and O–H groups in total. The molecule has 2 amide bonds. The number of nitrogens with one attached hydrogen (secondary N) is 1.